The lowest BCUT2D eigenvalue weighted by Gasteiger charge is -2.15. The number of carbonyl (C=O) groups excluding carboxylic acids is 1. The van der Waals surface area contributed by atoms with Crippen molar-refractivity contribution in [2.75, 3.05) is 18.4 Å². The minimum Gasteiger partial charge on any atom is -0.369 e. The number of nitrogens with zero attached hydrogens (tertiary/aromatic N) is 4. The van der Waals surface area contributed by atoms with Crippen molar-refractivity contribution in [1.82, 2.24) is 25.1 Å². The number of fused-ring (bicyclic) bond motifs is 1. The third kappa shape index (κ3) is 6.87. The van der Waals surface area contributed by atoms with Crippen molar-refractivity contribution in [3.05, 3.63) is 6.20 Å². The van der Waals surface area contributed by atoms with Crippen molar-refractivity contribution in [1.29, 1.82) is 0 Å². The first-order valence-corrected chi connectivity index (χ1v) is 11.8. The average Bonchev–Trinajstić information content (AvgIpc) is 3.08. The van der Waals surface area contributed by atoms with E-state index in [2.05, 4.69) is 55.3 Å². The number of carbonyl (C=O) groups is 1. The average molecular weight is 421 g/mol. The van der Waals surface area contributed by atoms with Crippen LogP contribution in [0.4, 0.5) is 5.82 Å². The predicted molar refractivity (Wildman–Crippen MR) is 121 cm³/mol. The monoisotopic (exact) mass is 420 g/mol. The van der Waals surface area contributed by atoms with E-state index in [1.54, 1.807) is 11.8 Å². The number of nitrogens with one attached hydrogen (secondary N) is 2. The van der Waals surface area contributed by atoms with Crippen LogP contribution in [0.2, 0.25) is 0 Å². The van der Waals surface area contributed by atoms with Crippen LogP contribution in [0.25, 0.3) is 11.0 Å². The molecule has 0 fully saturated rings. The Balaban J connectivity index is 2.13. The first-order valence-electron chi connectivity index (χ1n) is 10.9. The molecule has 162 valence electrons. The highest BCUT2D eigenvalue weighted by atomic mass is 32.2. The summed E-state index contributed by atoms with van der Waals surface area (Å²) in [6.45, 7) is 12.6. The number of rotatable bonds is 13. The lowest BCUT2D eigenvalue weighted by molar-refractivity contribution is -0.125. The highest BCUT2D eigenvalue weighted by molar-refractivity contribution is 7.99. The molecule has 0 atom stereocenters. The maximum atomic E-state index is 12.5. The van der Waals surface area contributed by atoms with E-state index in [1.807, 2.05) is 10.9 Å². The zero-order valence-corrected chi connectivity index (χ0v) is 19.3. The van der Waals surface area contributed by atoms with Crippen molar-refractivity contribution in [3.63, 3.8) is 0 Å². The van der Waals surface area contributed by atoms with Crippen molar-refractivity contribution >= 4 is 34.5 Å². The van der Waals surface area contributed by atoms with E-state index >= 15 is 0 Å². The number of anilines is 1. The van der Waals surface area contributed by atoms with Gasteiger partial charge in [-0.25, -0.2) is 14.6 Å². The van der Waals surface area contributed by atoms with Gasteiger partial charge in [-0.05, 0) is 19.3 Å². The molecule has 0 unspecified atom stereocenters. The Morgan fingerprint density at radius 3 is 2.45 bits per heavy atom. The van der Waals surface area contributed by atoms with Gasteiger partial charge in [0, 0.05) is 24.3 Å². The standard InChI is InChI=1S/C21H36N6OS/c1-6-9-16(10-7-2)20(28)23-12-13-27-19-17(14-24-27)18(22-11-8-3)25-21(26-19)29-15(4)5/h14-16H,6-13H2,1-5H3,(H,23,28)(H,22,25,26). The van der Waals surface area contributed by atoms with E-state index in [0.29, 0.717) is 18.3 Å². The number of hydrogen-bond donors (Lipinski definition) is 2. The van der Waals surface area contributed by atoms with Gasteiger partial charge in [0.15, 0.2) is 10.8 Å². The van der Waals surface area contributed by atoms with Crippen molar-refractivity contribution in [3.8, 4) is 0 Å². The van der Waals surface area contributed by atoms with E-state index in [1.165, 1.54) is 0 Å². The fraction of sp³-hybridized carbons (Fsp3) is 0.714. The summed E-state index contributed by atoms with van der Waals surface area (Å²) >= 11 is 1.64. The Morgan fingerprint density at radius 2 is 1.83 bits per heavy atom. The smallest absolute Gasteiger partial charge is 0.223 e. The molecular weight excluding hydrogens is 384 g/mol. The quantitative estimate of drug-likeness (QED) is 0.367. The predicted octanol–water partition coefficient (Wildman–Crippen LogP) is 4.48. The van der Waals surface area contributed by atoms with Gasteiger partial charge in [-0.1, -0.05) is 59.2 Å². The summed E-state index contributed by atoms with van der Waals surface area (Å²) in [4.78, 5) is 21.9. The summed E-state index contributed by atoms with van der Waals surface area (Å²) in [5.41, 5.74) is 0.815. The minimum atomic E-state index is 0.112. The van der Waals surface area contributed by atoms with E-state index in [4.69, 9.17) is 4.98 Å². The molecule has 2 N–H and O–H groups in total. The molecule has 1 amide bonds. The highest BCUT2D eigenvalue weighted by Gasteiger charge is 2.17. The van der Waals surface area contributed by atoms with E-state index in [9.17, 15) is 4.79 Å². The fourth-order valence-corrected chi connectivity index (χ4v) is 3.98. The molecule has 0 radical (unpaired) electrons. The Bertz CT molecular complexity index is 770. The Labute approximate surface area is 178 Å². The number of thioether (sulfide) groups is 1. The maximum Gasteiger partial charge on any atom is 0.223 e. The number of amides is 1. The van der Waals surface area contributed by atoms with Gasteiger partial charge in [0.2, 0.25) is 5.91 Å². The summed E-state index contributed by atoms with van der Waals surface area (Å²) in [6.07, 6.45) is 6.79. The molecule has 0 spiro atoms. The summed E-state index contributed by atoms with van der Waals surface area (Å²) in [5.74, 6) is 1.10. The second kappa shape index (κ2) is 12.0. The maximum absolute atomic E-state index is 12.5. The van der Waals surface area contributed by atoms with Gasteiger partial charge < -0.3 is 10.6 Å². The van der Waals surface area contributed by atoms with Gasteiger partial charge in [0.05, 0.1) is 18.1 Å². The molecule has 0 aliphatic carbocycles. The van der Waals surface area contributed by atoms with Gasteiger partial charge in [0.25, 0.3) is 0 Å². The summed E-state index contributed by atoms with van der Waals surface area (Å²) in [6, 6.07) is 0. The molecule has 2 rings (SSSR count). The first kappa shape index (κ1) is 23.4. The van der Waals surface area contributed by atoms with E-state index in [0.717, 1.165) is 60.7 Å². The molecule has 2 aromatic rings. The third-order valence-electron chi connectivity index (χ3n) is 4.63. The van der Waals surface area contributed by atoms with Crippen LogP contribution in [0.1, 0.15) is 66.7 Å². The van der Waals surface area contributed by atoms with Crippen LogP contribution in [0, 0.1) is 5.92 Å². The SMILES string of the molecule is CCCNc1nc(SC(C)C)nc2c1cnn2CCNC(=O)C(CCC)CCC. The van der Waals surface area contributed by atoms with Gasteiger partial charge >= 0.3 is 0 Å². The van der Waals surface area contributed by atoms with E-state index < -0.39 is 0 Å². The lowest BCUT2D eigenvalue weighted by Crippen LogP contribution is -2.33. The summed E-state index contributed by atoms with van der Waals surface area (Å²) in [7, 11) is 0. The lowest BCUT2D eigenvalue weighted by atomic mass is 9.97. The van der Waals surface area contributed by atoms with E-state index in [-0.39, 0.29) is 11.8 Å². The van der Waals surface area contributed by atoms with Crippen LogP contribution in [0.15, 0.2) is 11.4 Å². The molecule has 0 bridgehead atoms. The van der Waals surface area contributed by atoms with Gasteiger partial charge in [-0.15, -0.1) is 0 Å². The molecule has 0 aliphatic rings. The summed E-state index contributed by atoms with van der Waals surface area (Å²) in [5, 5.41) is 13.1. The van der Waals surface area contributed by atoms with Crippen LogP contribution < -0.4 is 10.6 Å². The van der Waals surface area contributed by atoms with Gasteiger partial charge in [-0.3, -0.25) is 4.79 Å². The van der Waals surface area contributed by atoms with Gasteiger partial charge in [-0.2, -0.15) is 5.10 Å². The minimum absolute atomic E-state index is 0.112. The second-order valence-electron chi connectivity index (χ2n) is 7.62. The van der Waals surface area contributed by atoms with Crippen LogP contribution in [-0.2, 0) is 11.3 Å². The van der Waals surface area contributed by atoms with Crippen LogP contribution in [0.3, 0.4) is 0 Å². The number of aromatic nitrogens is 4. The topological polar surface area (TPSA) is 84.7 Å². The number of hydrogen-bond acceptors (Lipinski definition) is 6. The molecule has 0 saturated heterocycles. The molecule has 29 heavy (non-hydrogen) atoms. The van der Waals surface area contributed by atoms with Crippen LogP contribution in [0.5, 0.6) is 0 Å². The first-order chi connectivity index (χ1) is 14.0. The largest absolute Gasteiger partial charge is 0.369 e. The van der Waals surface area contributed by atoms with Gasteiger partial charge in [0.1, 0.15) is 5.82 Å². The zero-order chi connectivity index (χ0) is 21.2. The second-order valence-corrected chi connectivity index (χ2v) is 9.16. The van der Waals surface area contributed by atoms with Crippen LogP contribution in [-0.4, -0.2) is 44.0 Å². The normalized spacial score (nSPS) is 11.6. The molecule has 2 heterocycles. The Hall–Kier alpha value is -1.83. The molecule has 0 aromatic carbocycles. The molecule has 0 saturated carbocycles. The zero-order valence-electron chi connectivity index (χ0n) is 18.5. The molecular formula is C21H36N6OS. The fourth-order valence-electron chi connectivity index (χ4n) is 3.27. The Kier molecular flexibility index (Phi) is 9.70. The molecule has 0 aliphatic heterocycles. The van der Waals surface area contributed by atoms with Crippen LogP contribution >= 0.6 is 11.8 Å². The van der Waals surface area contributed by atoms with Crippen molar-refractivity contribution in [2.24, 2.45) is 5.92 Å². The highest BCUT2D eigenvalue weighted by Crippen LogP contribution is 2.26. The summed E-state index contributed by atoms with van der Waals surface area (Å²) < 4.78 is 1.87. The third-order valence-corrected chi connectivity index (χ3v) is 5.49. The molecule has 2 aromatic heterocycles. The van der Waals surface area contributed by atoms with Crippen molar-refractivity contribution < 1.29 is 4.79 Å². The van der Waals surface area contributed by atoms with Crippen molar-refractivity contribution in [2.45, 2.75) is 83.7 Å². The molecule has 7 nitrogen and oxygen atoms in total. The molecule has 8 heteroatoms. The Morgan fingerprint density at radius 1 is 1.10 bits per heavy atom.